The molecule has 0 spiro atoms. The van der Waals surface area contributed by atoms with E-state index in [1.54, 1.807) is 0 Å². The van der Waals surface area contributed by atoms with Gasteiger partial charge in [0.1, 0.15) is 0 Å². The molecule has 0 heterocycles. The molecule has 0 saturated carbocycles. The van der Waals surface area contributed by atoms with Crippen molar-refractivity contribution in [1.82, 2.24) is 0 Å². The molecule has 2 rings (SSSR count). The lowest BCUT2D eigenvalue weighted by molar-refractivity contribution is 1.33. The highest BCUT2D eigenvalue weighted by molar-refractivity contribution is 7.80. The summed E-state index contributed by atoms with van der Waals surface area (Å²) in [4.78, 5) is 0. The molecule has 20 heavy (non-hydrogen) atoms. The predicted octanol–water partition coefficient (Wildman–Crippen LogP) is 4.73. The van der Waals surface area contributed by atoms with Gasteiger partial charge in [-0.25, -0.2) is 0 Å². The van der Waals surface area contributed by atoms with Crippen molar-refractivity contribution < 1.29 is 0 Å². The summed E-state index contributed by atoms with van der Waals surface area (Å²) in [6.45, 7) is 8.35. The third kappa shape index (κ3) is 3.17. The maximum atomic E-state index is 5.42. The van der Waals surface area contributed by atoms with Crippen molar-refractivity contribution in [3.63, 3.8) is 0 Å². The molecule has 3 heteroatoms. The standard InChI is InChI=1S/C17H20N2S/c1-11-7-6-10-15(14(11)4)18-17(20)19-16-12(2)8-5-9-13(16)3/h5-10H,1-4H3,(H2,18,19,20). The Morgan fingerprint density at radius 1 is 0.800 bits per heavy atom. The molecule has 104 valence electrons. The van der Waals surface area contributed by atoms with E-state index < -0.39 is 0 Å². The summed E-state index contributed by atoms with van der Waals surface area (Å²) < 4.78 is 0. The Kier molecular flexibility index (Phi) is 4.40. The quantitative estimate of drug-likeness (QED) is 0.780. The minimum Gasteiger partial charge on any atom is -0.332 e. The summed E-state index contributed by atoms with van der Waals surface area (Å²) in [7, 11) is 0. The second-order valence-corrected chi connectivity index (χ2v) is 5.50. The molecule has 0 saturated heterocycles. The fraction of sp³-hybridized carbons (Fsp3) is 0.235. The Balaban J connectivity index is 2.16. The molecule has 0 aliphatic heterocycles. The molecule has 0 bridgehead atoms. The summed E-state index contributed by atoms with van der Waals surface area (Å²) >= 11 is 5.42. The van der Waals surface area contributed by atoms with Crippen LogP contribution in [0.4, 0.5) is 11.4 Å². The lowest BCUT2D eigenvalue weighted by atomic mass is 10.1. The topological polar surface area (TPSA) is 24.1 Å². The van der Waals surface area contributed by atoms with Crippen molar-refractivity contribution in [2.75, 3.05) is 10.6 Å². The lowest BCUT2D eigenvalue weighted by Gasteiger charge is -2.16. The number of nitrogens with one attached hydrogen (secondary N) is 2. The largest absolute Gasteiger partial charge is 0.332 e. The van der Waals surface area contributed by atoms with E-state index in [2.05, 4.69) is 62.6 Å². The van der Waals surface area contributed by atoms with Crippen LogP contribution in [-0.4, -0.2) is 5.11 Å². The van der Waals surface area contributed by atoms with Crippen LogP contribution in [0.5, 0.6) is 0 Å². The van der Waals surface area contributed by atoms with Gasteiger partial charge in [0.15, 0.2) is 5.11 Å². The van der Waals surface area contributed by atoms with Gasteiger partial charge in [-0.1, -0.05) is 30.3 Å². The molecule has 2 N–H and O–H groups in total. The molecule has 0 aliphatic rings. The van der Waals surface area contributed by atoms with Gasteiger partial charge in [0, 0.05) is 11.4 Å². The zero-order valence-corrected chi connectivity index (χ0v) is 13.2. The van der Waals surface area contributed by atoms with Crippen molar-refractivity contribution in [2.24, 2.45) is 0 Å². The minimum atomic E-state index is 0.621. The Morgan fingerprint density at radius 3 is 2.00 bits per heavy atom. The van der Waals surface area contributed by atoms with Gasteiger partial charge < -0.3 is 10.6 Å². The van der Waals surface area contributed by atoms with Crippen molar-refractivity contribution in [1.29, 1.82) is 0 Å². The molecule has 0 aromatic heterocycles. The van der Waals surface area contributed by atoms with Crippen LogP contribution >= 0.6 is 12.2 Å². The molecule has 0 radical (unpaired) electrons. The lowest BCUT2D eigenvalue weighted by Crippen LogP contribution is -2.20. The normalized spacial score (nSPS) is 10.2. The van der Waals surface area contributed by atoms with Crippen LogP contribution in [-0.2, 0) is 0 Å². The van der Waals surface area contributed by atoms with Crippen LogP contribution in [0.1, 0.15) is 22.3 Å². The van der Waals surface area contributed by atoms with E-state index in [4.69, 9.17) is 12.2 Å². The van der Waals surface area contributed by atoms with E-state index in [0.717, 1.165) is 11.4 Å². The van der Waals surface area contributed by atoms with Crippen molar-refractivity contribution in [2.45, 2.75) is 27.7 Å². The Labute approximate surface area is 126 Å². The number of para-hydroxylation sites is 1. The first kappa shape index (κ1) is 14.5. The average molecular weight is 284 g/mol. The van der Waals surface area contributed by atoms with E-state index in [9.17, 15) is 0 Å². The van der Waals surface area contributed by atoms with Crippen LogP contribution in [0.3, 0.4) is 0 Å². The monoisotopic (exact) mass is 284 g/mol. The Morgan fingerprint density at radius 2 is 1.35 bits per heavy atom. The van der Waals surface area contributed by atoms with E-state index in [1.807, 2.05) is 12.1 Å². The van der Waals surface area contributed by atoms with Gasteiger partial charge >= 0.3 is 0 Å². The SMILES string of the molecule is Cc1cccc(NC(=S)Nc2c(C)cccc2C)c1C. The number of anilines is 2. The summed E-state index contributed by atoms with van der Waals surface area (Å²) in [5, 5.41) is 7.19. The fourth-order valence-corrected chi connectivity index (χ4v) is 2.38. The van der Waals surface area contributed by atoms with E-state index >= 15 is 0 Å². The molecule has 0 amide bonds. The van der Waals surface area contributed by atoms with Crippen LogP contribution in [0.25, 0.3) is 0 Å². The highest BCUT2D eigenvalue weighted by Gasteiger charge is 2.06. The van der Waals surface area contributed by atoms with E-state index in [-0.39, 0.29) is 0 Å². The van der Waals surface area contributed by atoms with Crippen LogP contribution in [0.15, 0.2) is 36.4 Å². The molecule has 2 aromatic rings. The second-order valence-electron chi connectivity index (χ2n) is 5.09. The Bertz CT molecular complexity index is 627. The molecule has 0 fully saturated rings. The maximum absolute atomic E-state index is 5.42. The first-order chi connectivity index (χ1) is 9.49. The number of aryl methyl sites for hydroxylation is 3. The van der Waals surface area contributed by atoms with Crippen LogP contribution < -0.4 is 10.6 Å². The van der Waals surface area contributed by atoms with Gasteiger partial charge in [0.2, 0.25) is 0 Å². The number of hydrogen-bond donors (Lipinski definition) is 2. The maximum Gasteiger partial charge on any atom is 0.175 e. The predicted molar refractivity (Wildman–Crippen MR) is 91.7 cm³/mol. The average Bonchev–Trinajstić information content (AvgIpc) is 2.39. The molecule has 0 aliphatic carbocycles. The summed E-state index contributed by atoms with van der Waals surface area (Å²) in [6.07, 6.45) is 0. The highest BCUT2D eigenvalue weighted by Crippen LogP contribution is 2.21. The zero-order valence-electron chi connectivity index (χ0n) is 12.4. The van der Waals surface area contributed by atoms with Gasteiger partial charge in [0.25, 0.3) is 0 Å². The van der Waals surface area contributed by atoms with Crippen molar-refractivity contribution >= 4 is 28.7 Å². The highest BCUT2D eigenvalue weighted by atomic mass is 32.1. The third-order valence-corrected chi connectivity index (χ3v) is 3.78. The molecule has 2 nitrogen and oxygen atoms in total. The zero-order chi connectivity index (χ0) is 14.7. The van der Waals surface area contributed by atoms with Gasteiger partial charge in [-0.3, -0.25) is 0 Å². The molecule has 0 atom stereocenters. The first-order valence-electron chi connectivity index (χ1n) is 6.69. The van der Waals surface area contributed by atoms with Crippen molar-refractivity contribution in [3.05, 3.63) is 58.7 Å². The molecule has 0 unspecified atom stereocenters. The first-order valence-corrected chi connectivity index (χ1v) is 7.10. The molecular weight excluding hydrogens is 264 g/mol. The number of hydrogen-bond acceptors (Lipinski definition) is 1. The number of rotatable bonds is 2. The fourth-order valence-electron chi connectivity index (χ4n) is 2.17. The number of thiocarbonyl (C=S) groups is 1. The molecule has 2 aromatic carbocycles. The van der Waals surface area contributed by atoms with Crippen LogP contribution in [0, 0.1) is 27.7 Å². The molecular formula is C17H20N2S. The van der Waals surface area contributed by atoms with Gasteiger partial charge in [0.05, 0.1) is 0 Å². The summed E-state index contributed by atoms with van der Waals surface area (Å²) in [5.41, 5.74) is 6.98. The van der Waals surface area contributed by atoms with Gasteiger partial charge in [-0.05, 0) is 68.2 Å². The third-order valence-electron chi connectivity index (χ3n) is 3.57. The van der Waals surface area contributed by atoms with Crippen LogP contribution in [0.2, 0.25) is 0 Å². The summed E-state index contributed by atoms with van der Waals surface area (Å²) in [5.74, 6) is 0. The summed E-state index contributed by atoms with van der Waals surface area (Å²) in [6, 6.07) is 12.4. The van der Waals surface area contributed by atoms with E-state index in [0.29, 0.717) is 5.11 Å². The van der Waals surface area contributed by atoms with Gasteiger partial charge in [-0.15, -0.1) is 0 Å². The van der Waals surface area contributed by atoms with Gasteiger partial charge in [-0.2, -0.15) is 0 Å². The van der Waals surface area contributed by atoms with Crippen molar-refractivity contribution in [3.8, 4) is 0 Å². The smallest absolute Gasteiger partial charge is 0.175 e. The van der Waals surface area contributed by atoms with E-state index in [1.165, 1.54) is 22.3 Å². The Hall–Kier alpha value is -1.87. The minimum absolute atomic E-state index is 0.621. The second kappa shape index (κ2) is 6.06. The number of benzene rings is 2.